The molecule has 1 N–H and O–H groups in total. The number of methoxy groups -OCH3 is 1. The van der Waals surface area contributed by atoms with E-state index in [-0.39, 0.29) is 11.9 Å². The minimum atomic E-state index is -0.216. The molecule has 132 valence electrons. The second-order valence-corrected chi connectivity index (χ2v) is 6.31. The lowest BCUT2D eigenvalue weighted by Crippen LogP contribution is -2.26. The summed E-state index contributed by atoms with van der Waals surface area (Å²) in [6.45, 7) is 1.92. The number of nitrogens with one attached hydrogen (secondary N) is 1. The number of benzene rings is 2. The van der Waals surface area contributed by atoms with E-state index < -0.39 is 0 Å². The van der Waals surface area contributed by atoms with Gasteiger partial charge in [-0.15, -0.1) is 0 Å². The Morgan fingerprint density at radius 1 is 1.08 bits per heavy atom. The van der Waals surface area contributed by atoms with Crippen molar-refractivity contribution in [2.45, 2.75) is 13.0 Å². The van der Waals surface area contributed by atoms with E-state index in [1.807, 2.05) is 49.4 Å². The number of nitrogens with zero attached hydrogens (tertiary/aromatic N) is 1. The lowest BCUT2D eigenvalue weighted by Gasteiger charge is -2.16. The SMILES string of the molecule is COc1cccc([C@@H](C)NC(=O)c2ccc(-c3ccncc3)cc2Cl)c1. The maximum Gasteiger partial charge on any atom is 0.253 e. The Bertz CT molecular complexity index is 913. The van der Waals surface area contributed by atoms with E-state index in [1.165, 1.54) is 0 Å². The van der Waals surface area contributed by atoms with Crippen molar-refractivity contribution in [2.24, 2.45) is 0 Å². The van der Waals surface area contributed by atoms with Crippen LogP contribution in [0.5, 0.6) is 5.75 Å². The van der Waals surface area contributed by atoms with Gasteiger partial charge < -0.3 is 10.1 Å². The van der Waals surface area contributed by atoms with Crippen molar-refractivity contribution < 1.29 is 9.53 Å². The van der Waals surface area contributed by atoms with Crippen LogP contribution in [0.3, 0.4) is 0 Å². The van der Waals surface area contributed by atoms with Crippen LogP contribution in [0.25, 0.3) is 11.1 Å². The normalized spacial score (nSPS) is 11.7. The Labute approximate surface area is 157 Å². The van der Waals surface area contributed by atoms with Crippen LogP contribution in [0.15, 0.2) is 67.0 Å². The highest BCUT2D eigenvalue weighted by Gasteiger charge is 2.15. The fourth-order valence-electron chi connectivity index (χ4n) is 2.69. The zero-order chi connectivity index (χ0) is 18.5. The lowest BCUT2D eigenvalue weighted by atomic mass is 10.0. The topological polar surface area (TPSA) is 51.2 Å². The van der Waals surface area contributed by atoms with Crippen LogP contribution in [0, 0.1) is 0 Å². The number of carbonyl (C=O) groups is 1. The highest BCUT2D eigenvalue weighted by Crippen LogP contribution is 2.26. The van der Waals surface area contributed by atoms with Crippen LogP contribution in [-0.2, 0) is 0 Å². The summed E-state index contributed by atoms with van der Waals surface area (Å²) in [7, 11) is 1.62. The Kier molecular flexibility index (Phi) is 5.54. The molecule has 26 heavy (non-hydrogen) atoms. The van der Waals surface area contributed by atoms with Gasteiger partial charge in [0.25, 0.3) is 5.91 Å². The highest BCUT2D eigenvalue weighted by molar-refractivity contribution is 6.34. The molecule has 1 heterocycles. The Balaban J connectivity index is 1.77. The third-order valence-corrected chi connectivity index (χ3v) is 4.48. The summed E-state index contributed by atoms with van der Waals surface area (Å²) >= 11 is 6.35. The number of hydrogen-bond acceptors (Lipinski definition) is 3. The number of amides is 1. The molecule has 3 aromatic rings. The molecule has 4 nitrogen and oxygen atoms in total. The Morgan fingerprint density at radius 3 is 2.54 bits per heavy atom. The molecular formula is C21H19ClN2O2. The third kappa shape index (κ3) is 4.03. The van der Waals surface area contributed by atoms with E-state index in [0.717, 1.165) is 22.4 Å². The van der Waals surface area contributed by atoms with Gasteiger partial charge in [-0.1, -0.05) is 29.8 Å². The maximum absolute atomic E-state index is 12.6. The van der Waals surface area contributed by atoms with Crippen molar-refractivity contribution in [3.63, 3.8) is 0 Å². The first-order valence-electron chi connectivity index (χ1n) is 8.23. The van der Waals surface area contributed by atoms with Gasteiger partial charge in [-0.2, -0.15) is 0 Å². The molecule has 0 unspecified atom stereocenters. The van der Waals surface area contributed by atoms with E-state index in [9.17, 15) is 4.79 Å². The number of carbonyl (C=O) groups excluding carboxylic acids is 1. The quantitative estimate of drug-likeness (QED) is 0.698. The Morgan fingerprint density at radius 2 is 1.85 bits per heavy atom. The standard InChI is InChI=1S/C21H19ClN2O2/c1-14(16-4-3-5-18(12-16)26-2)24-21(25)19-7-6-17(13-20(19)22)15-8-10-23-11-9-15/h3-14H,1-2H3,(H,24,25)/t14-/m1/s1. The first-order valence-corrected chi connectivity index (χ1v) is 8.61. The van der Waals surface area contributed by atoms with Crippen molar-refractivity contribution in [3.05, 3.63) is 83.1 Å². The van der Waals surface area contributed by atoms with Crippen molar-refractivity contribution >= 4 is 17.5 Å². The first-order chi connectivity index (χ1) is 12.6. The van der Waals surface area contributed by atoms with Crippen LogP contribution in [0.4, 0.5) is 0 Å². The highest BCUT2D eigenvalue weighted by atomic mass is 35.5. The van der Waals surface area contributed by atoms with Crippen molar-refractivity contribution in [1.29, 1.82) is 0 Å². The van der Waals surface area contributed by atoms with Gasteiger partial charge in [0, 0.05) is 12.4 Å². The maximum atomic E-state index is 12.6. The molecule has 3 rings (SSSR count). The summed E-state index contributed by atoms with van der Waals surface area (Å²) in [6, 6.07) is 16.7. The molecule has 0 saturated carbocycles. The van der Waals surface area contributed by atoms with Gasteiger partial charge in [0.15, 0.2) is 0 Å². The molecule has 0 spiro atoms. The third-order valence-electron chi connectivity index (χ3n) is 4.17. The van der Waals surface area contributed by atoms with E-state index in [4.69, 9.17) is 16.3 Å². The van der Waals surface area contributed by atoms with Gasteiger partial charge in [0.2, 0.25) is 0 Å². The molecule has 5 heteroatoms. The summed E-state index contributed by atoms with van der Waals surface area (Å²) in [5.41, 5.74) is 3.34. The van der Waals surface area contributed by atoms with Crippen molar-refractivity contribution in [2.75, 3.05) is 7.11 Å². The smallest absolute Gasteiger partial charge is 0.253 e. The molecule has 0 aliphatic rings. The van der Waals surface area contributed by atoms with E-state index >= 15 is 0 Å². The molecule has 0 radical (unpaired) electrons. The zero-order valence-corrected chi connectivity index (χ0v) is 15.3. The molecule has 1 amide bonds. The fourth-order valence-corrected chi connectivity index (χ4v) is 2.96. The minimum Gasteiger partial charge on any atom is -0.497 e. The van der Waals surface area contributed by atoms with Crippen molar-refractivity contribution in [1.82, 2.24) is 10.3 Å². The monoisotopic (exact) mass is 366 g/mol. The Hall–Kier alpha value is -2.85. The summed E-state index contributed by atoms with van der Waals surface area (Å²) < 4.78 is 5.23. The molecule has 0 aliphatic carbocycles. The van der Waals surface area contributed by atoms with Gasteiger partial charge in [-0.25, -0.2) is 0 Å². The molecule has 0 fully saturated rings. The molecule has 0 bridgehead atoms. The molecule has 2 aromatic carbocycles. The van der Waals surface area contributed by atoms with Gasteiger partial charge in [-0.3, -0.25) is 9.78 Å². The summed E-state index contributed by atoms with van der Waals surface area (Å²) in [4.78, 5) is 16.6. The predicted molar refractivity (Wildman–Crippen MR) is 104 cm³/mol. The summed E-state index contributed by atoms with van der Waals surface area (Å²) in [5, 5.41) is 3.39. The van der Waals surface area contributed by atoms with Crippen LogP contribution in [0.1, 0.15) is 28.9 Å². The lowest BCUT2D eigenvalue weighted by molar-refractivity contribution is 0.0940. The minimum absolute atomic E-state index is 0.173. The first kappa shape index (κ1) is 18.0. The second kappa shape index (κ2) is 8.02. The number of ether oxygens (including phenoxy) is 1. The zero-order valence-electron chi connectivity index (χ0n) is 14.6. The van der Waals surface area contributed by atoms with Crippen molar-refractivity contribution in [3.8, 4) is 16.9 Å². The predicted octanol–water partition coefficient (Wildman–Crippen LogP) is 4.90. The number of pyridine rings is 1. The van der Waals surface area contributed by atoms with E-state index in [2.05, 4.69) is 10.3 Å². The molecule has 0 aliphatic heterocycles. The van der Waals surface area contributed by atoms with E-state index in [0.29, 0.717) is 10.6 Å². The molecule has 1 aromatic heterocycles. The van der Waals surface area contributed by atoms with Crippen LogP contribution in [-0.4, -0.2) is 18.0 Å². The largest absolute Gasteiger partial charge is 0.497 e. The summed E-state index contributed by atoms with van der Waals surface area (Å²) in [6.07, 6.45) is 3.44. The van der Waals surface area contributed by atoms with Gasteiger partial charge in [0.05, 0.1) is 23.7 Å². The van der Waals surface area contributed by atoms with Crippen LogP contribution >= 0.6 is 11.6 Å². The molecule has 1 atom stereocenters. The van der Waals surface area contributed by atoms with Gasteiger partial charge in [-0.05, 0) is 60.0 Å². The number of hydrogen-bond donors (Lipinski definition) is 1. The van der Waals surface area contributed by atoms with E-state index in [1.54, 1.807) is 31.6 Å². The van der Waals surface area contributed by atoms with Gasteiger partial charge >= 0.3 is 0 Å². The molecular weight excluding hydrogens is 348 g/mol. The molecule has 0 saturated heterocycles. The average molecular weight is 367 g/mol. The summed E-state index contributed by atoms with van der Waals surface area (Å²) in [5.74, 6) is 0.537. The number of rotatable bonds is 5. The average Bonchev–Trinajstić information content (AvgIpc) is 2.68. The van der Waals surface area contributed by atoms with Crippen LogP contribution in [0.2, 0.25) is 5.02 Å². The number of aromatic nitrogens is 1. The fraction of sp³-hybridized carbons (Fsp3) is 0.143. The second-order valence-electron chi connectivity index (χ2n) is 5.90. The number of halogens is 1. The van der Waals surface area contributed by atoms with Gasteiger partial charge in [0.1, 0.15) is 5.75 Å². The van der Waals surface area contributed by atoms with Crippen LogP contribution < -0.4 is 10.1 Å².